The number of pyridine rings is 2. The van der Waals surface area contributed by atoms with Crippen LogP contribution in [0.1, 0.15) is 70.7 Å². The molecule has 0 unspecified atom stereocenters. The van der Waals surface area contributed by atoms with Crippen LogP contribution in [-0.2, 0) is 24.8 Å². The molecule has 6 heterocycles. The van der Waals surface area contributed by atoms with E-state index in [0.717, 1.165) is 63.5 Å². The van der Waals surface area contributed by atoms with E-state index in [4.69, 9.17) is 19.1 Å². The molecule has 12 heteroatoms. The van der Waals surface area contributed by atoms with Crippen LogP contribution in [0.2, 0.25) is 0 Å². The Balaban J connectivity index is 1.22. The third-order valence-corrected chi connectivity index (χ3v) is 11.7. The van der Waals surface area contributed by atoms with Crippen LogP contribution in [0, 0.1) is 5.82 Å². The van der Waals surface area contributed by atoms with E-state index >= 15 is 0 Å². The normalized spacial score (nSPS) is 19.2. The van der Waals surface area contributed by atoms with E-state index in [2.05, 4.69) is 34.6 Å². The summed E-state index contributed by atoms with van der Waals surface area (Å²) in [5, 5.41) is 11.4. The van der Waals surface area contributed by atoms with E-state index in [9.17, 15) is 14.0 Å². The SMILES string of the molecule is COc1cccc2c1CC[C@@H]2Nc1nccc2cc(-c3c4c(nc(CCc5ccc(F)cc5)c3-c3n[nH]c(=O)o3)[C@]3(C)CCCN3C4=O)sc12. The number of aromatic nitrogens is 4. The summed E-state index contributed by atoms with van der Waals surface area (Å²) >= 11 is 1.54. The molecular formula is C38H33FN6O4S. The molecule has 1 aliphatic carbocycles. The second kappa shape index (κ2) is 11.6. The van der Waals surface area contributed by atoms with Gasteiger partial charge < -0.3 is 19.4 Å². The van der Waals surface area contributed by atoms with Gasteiger partial charge in [-0.3, -0.25) is 9.78 Å². The summed E-state index contributed by atoms with van der Waals surface area (Å²) in [4.78, 5) is 39.5. The minimum atomic E-state index is -0.699. The number of benzene rings is 2. The summed E-state index contributed by atoms with van der Waals surface area (Å²) in [6.07, 6.45) is 6.30. The van der Waals surface area contributed by atoms with Crippen LogP contribution >= 0.6 is 11.3 Å². The first-order valence-electron chi connectivity index (χ1n) is 16.8. The highest BCUT2D eigenvalue weighted by atomic mass is 32.1. The van der Waals surface area contributed by atoms with Gasteiger partial charge in [0.2, 0.25) is 0 Å². The largest absolute Gasteiger partial charge is 0.496 e. The third kappa shape index (κ3) is 4.76. The van der Waals surface area contributed by atoms with Crippen LogP contribution in [-0.4, -0.2) is 44.6 Å². The van der Waals surface area contributed by atoms with Crippen molar-refractivity contribution in [2.24, 2.45) is 0 Å². The minimum Gasteiger partial charge on any atom is -0.496 e. The number of thiophene rings is 1. The Kier molecular flexibility index (Phi) is 7.13. The molecule has 6 aromatic rings. The minimum absolute atomic E-state index is 0.0644. The number of nitrogens with one attached hydrogen (secondary N) is 2. The van der Waals surface area contributed by atoms with E-state index in [1.807, 2.05) is 23.1 Å². The van der Waals surface area contributed by atoms with E-state index < -0.39 is 11.3 Å². The van der Waals surface area contributed by atoms with Gasteiger partial charge in [0.1, 0.15) is 17.4 Å². The molecule has 0 radical (unpaired) electrons. The van der Waals surface area contributed by atoms with Crippen LogP contribution in [0.25, 0.3) is 32.0 Å². The molecule has 9 rings (SSSR count). The number of amides is 1. The van der Waals surface area contributed by atoms with Crippen molar-refractivity contribution in [1.82, 2.24) is 25.1 Å². The van der Waals surface area contributed by atoms with Gasteiger partial charge in [-0.15, -0.1) is 16.4 Å². The Hall–Kier alpha value is -5.36. The summed E-state index contributed by atoms with van der Waals surface area (Å²) in [7, 11) is 1.70. The number of nitrogens with zero attached hydrogens (tertiary/aromatic N) is 4. The number of H-pyrrole nitrogens is 1. The molecule has 252 valence electrons. The third-order valence-electron chi connectivity index (χ3n) is 10.5. The molecule has 2 atom stereocenters. The molecule has 2 aromatic carbocycles. The number of hydrogen-bond donors (Lipinski definition) is 2. The fraction of sp³-hybridized carbons (Fsp3) is 0.289. The molecule has 2 N–H and O–H groups in total. The highest BCUT2D eigenvalue weighted by molar-refractivity contribution is 7.23. The van der Waals surface area contributed by atoms with Crippen molar-refractivity contribution in [1.29, 1.82) is 0 Å². The van der Waals surface area contributed by atoms with E-state index in [1.165, 1.54) is 34.6 Å². The molecule has 10 nitrogen and oxygen atoms in total. The molecule has 0 saturated carbocycles. The van der Waals surface area contributed by atoms with Gasteiger partial charge in [0, 0.05) is 23.2 Å². The Labute approximate surface area is 290 Å². The van der Waals surface area contributed by atoms with Gasteiger partial charge >= 0.3 is 5.76 Å². The number of rotatable bonds is 8. The summed E-state index contributed by atoms with van der Waals surface area (Å²) in [6.45, 7) is 2.73. The van der Waals surface area contributed by atoms with Crippen LogP contribution in [0.3, 0.4) is 0 Å². The number of methoxy groups -OCH3 is 1. The maximum absolute atomic E-state index is 14.4. The first kappa shape index (κ1) is 30.7. The summed E-state index contributed by atoms with van der Waals surface area (Å²) in [5.74, 6) is 0.642. The smallest absolute Gasteiger partial charge is 0.434 e. The molecule has 50 heavy (non-hydrogen) atoms. The second-order valence-electron chi connectivity index (χ2n) is 13.4. The predicted octanol–water partition coefficient (Wildman–Crippen LogP) is 7.20. The van der Waals surface area contributed by atoms with Gasteiger partial charge in [-0.05, 0) is 97.9 Å². The van der Waals surface area contributed by atoms with Gasteiger partial charge in [-0.2, -0.15) is 0 Å². The van der Waals surface area contributed by atoms with E-state index in [-0.39, 0.29) is 23.7 Å². The van der Waals surface area contributed by atoms with Crippen LogP contribution in [0.4, 0.5) is 10.2 Å². The number of carbonyl (C=O) groups excluding carboxylic acids is 1. The number of aryl methyl sites for hydroxylation is 2. The lowest BCUT2D eigenvalue weighted by atomic mass is 9.88. The zero-order valence-electron chi connectivity index (χ0n) is 27.5. The molecule has 1 fully saturated rings. The average Bonchev–Trinajstić information content (AvgIpc) is 3.95. The Morgan fingerprint density at radius 1 is 1.12 bits per heavy atom. The number of hydrogen-bond acceptors (Lipinski definition) is 9. The molecule has 3 aliphatic rings. The maximum atomic E-state index is 14.4. The lowest BCUT2D eigenvalue weighted by Gasteiger charge is -2.27. The quantitative estimate of drug-likeness (QED) is 0.172. The van der Waals surface area contributed by atoms with Crippen LogP contribution in [0.15, 0.2) is 70.0 Å². The molecule has 2 aliphatic heterocycles. The van der Waals surface area contributed by atoms with E-state index in [1.54, 1.807) is 25.4 Å². The summed E-state index contributed by atoms with van der Waals surface area (Å²) in [5.41, 5.74) is 5.86. The summed E-state index contributed by atoms with van der Waals surface area (Å²) < 4.78 is 26.0. The van der Waals surface area contributed by atoms with Crippen molar-refractivity contribution >= 4 is 33.1 Å². The first-order chi connectivity index (χ1) is 24.3. The fourth-order valence-electron chi connectivity index (χ4n) is 8.13. The highest BCUT2D eigenvalue weighted by Crippen LogP contribution is 2.53. The van der Waals surface area contributed by atoms with Crippen LogP contribution in [0.5, 0.6) is 5.75 Å². The number of aromatic amines is 1. The number of ether oxygens (including phenoxy) is 1. The van der Waals surface area contributed by atoms with Crippen molar-refractivity contribution in [3.63, 3.8) is 0 Å². The Morgan fingerprint density at radius 2 is 1.98 bits per heavy atom. The second-order valence-corrected chi connectivity index (χ2v) is 14.4. The van der Waals surface area contributed by atoms with Crippen molar-refractivity contribution < 1.29 is 18.3 Å². The molecule has 0 spiro atoms. The molecule has 1 saturated heterocycles. The van der Waals surface area contributed by atoms with Gasteiger partial charge in [-0.1, -0.05) is 24.3 Å². The zero-order chi connectivity index (χ0) is 34.1. The lowest BCUT2D eigenvalue weighted by Crippen LogP contribution is -2.35. The topological polar surface area (TPSA) is 126 Å². The lowest BCUT2D eigenvalue weighted by molar-refractivity contribution is 0.0684. The van der Waals surface area contributed by atoms with Gasteiger partial charge in [0.05, 0.1) is 45.9 Å². The fourth-order valence-corrected chi connectivity index (χ4v) is 9.29. The number of fused-ring (bicyclic) bond motifs is 5. The maximum Gasteiger partial charge on any atom is 0.434 e. The van der Waals surface area contributed by atoms with Crippen molar-refractivity contribution in [2.75, 3.05) is 19.0 Å². The molecular weight excluding hydrogens is 656 g/mol. The van der Waals surface area contributed by atoms with Gasteiger partial charge in [0.15, 0.2) is 0 Å². The Bertz CT molecular complexity index is 2380. The monoisotopic (exact) mass is 688 g/mol. The number of anilines is 1. The van der Waals surface area contributed by atoms with Gasteiger partial charge in [-0.25, -0.2) is 19.3 Å². The first-order valence-corrected chi connectivity index (χ1v) is 17.6. The van der Waals surface area contributed by atoms with E-state index in [0.29, 0.717) is 41.8 Å². The predicted molar refractivity (Wildman–Crippen MR) is 188 cm³/mol. The average molecular weight is 689 g/mol. The standard InChI is InChI=1S/C38H33FN6O4S/c1-38-16-4-18-45(38)36(46)31-30(29(35-43-44-37(47)49-35)26(41-33(31)38)13-9-20-7-10-22(39)11-8-20)28-19-21-15-17-40-34(32(21)50-28)42-25-14-12-24-23(25)5-3-6-27(24)48-2/h3,5-8,10-11,15,17,19,25H,4,9,12-14,16,18H2,1-2H3,(H,40,42)(H,44,47)/t25-,38-/m0/s1. The molecule has 4 aromatic heterocycles. The Morgan fingerprint density at radius 3 is 2.78 bits per heavy atom. The van der Waals surface area contributed by atoms with Crippen molar-refractivity contribution in [3.8, 4) is 27.6 Å². The number of carbonyl (C=O) groups is 1. The van der Waals surface area contributed by atoms with Crippen molar-refractivity contribution in [2.45, 2.75) is 57.0 Å². The van der Waals surface area contributed by atoms with Crippen molar-refractivity contribution in [3.05, 3.63) is 111 Å². The van der Waals surface area contributed by atoms with Crippen LogP contribution < -0.4 is 15.8 Å². The number of halogens is 1. The summed E-state index contributed by atoms with van der Waals surface area (Å²) in [6, 6.07) is 16.7. The highest BCUT2D eigenvalue weighted by Gasteiger charge is 2.52. The molecule has 0 bridgehead atoms. The zero-order valence-corrected chi connectivity index (χ0v) is 28.3. The van der Waals surface area contributed by atoms with Gasteiger partial charge in [0.25, 0.3) is 11.8 Å². The molecule has 1 amide bonds.